The van der Waals surface area contributed by atoms with Gasteiger partial charge in [0, 0.05) is 0 Å². The zero-order chi connectivity index (χ0) is 46.9. The largest absolute Gasteiger partial charge is 0.394 e. The zero-order valence-electron chi connectivity index (χ0n) is 37.9. The van der Waals surface area contributed by atoms with E-state index in [0.29, 0.717) is 38.5 Å². The van der Waals surface area contributed by atoms with Gasteiger partial charge in [-0.15, -0.1) is 0 Å². The number of hydrogen-bond acceptors (Lipinski definition) is 19. The zero-order valence-corrected chi connectivity index (χ0v) is 37.9. The van der Waals surface area contributed by atoms with Gasteiger partial charge in [0.05, 0.1) is 49.8 Å². The lowest BCUT2D eigenvalue weighted by atomic mass is 9.43. The first kappa shape index (κ1) is 51.1. The highest BCUT2D eigenvalue weighted by molar-refractivity contribution is 5.13. The molecule has 0 radical (unpaired) electrons. The van der Waals surface area contributed by atoms with Gasteiger partial charge in [-0.25, -0.2) is 0 Å². The van der Waals surface area contributed by atoms with E-state index in [9.17, 15) is 66.4 Å². The highest BCUT2D eigenvalue weighted by atomic mass is 16.7. The topological polar surface area (TPSA) is 318 Å². The minimum Gasteiger partial charge on any atom is -0.394 e. The van der Waals surface area contributed by atoms with Crippen molar-refractivity contribution in [2.24, 2.45) is 52.3 Å². The van der Waals surface area contributed by atoms with Crippen molar-refractivity contribution >= 4 is 0 Å². The molecule has 7 rings (SSSR count). The van der Waals surface area contributed by atoms with Gasteiger partial charge in [-0.05, 0) is 111 Å². The van der Waals surface area contributed by atoms with Gasteiger partial charge in [-0.2, -0.15) is 0 Å². The molecule has 0 aromatic heterocycles. The first-order valence-electron chi connectivity index (χ1n) is 23.7. The molecule has 0 aromatic rings. The molecule has 0 aromatic carbocycles. The third-order valence-corrected chi connectivity index (χ3v) is 17.4. The van der Waals surface area contributed by atoms with Crippen LogP contribution in [0.15, 0.2) is 0 Å². The average Bonchev–Trinajstić information content (AvgIpc) is 3.53. The predicted octanol–water partition coefficient (Wildman–Crippen LogP) is -2.15. The Morgan fingerprint density at radius 2 is 1.20 bits per heavy atom. The fourth-order valence-electron chi connectivity index (χ4n) is 13.9. The average molecular weight is 923 g/mol. The maximum absolute atomic E-state index is 12.0. The molecule has 28 atom stereocenters. The van der Waals surface area contributed by atoms with Crippen LogP contribution in [0.4, 0.5) is 0 Å². The van der Waals surface area contributed by atoms with Crippen molar-refractivity contribution in [2.75, 3.05) is 13.2 Å². The summed E-state index contributed by atoms with van der Waals surface area (Å²) >= 11 is 0. The van der Waals surface area contributed by atoms with Crippen molar-refractivity contribution in [2.45, 2.75) is 216 Å². The van der Waals surface area contributed by atoms with Crippen LogP contribution in [0.1, 0.15) is 92.9 Å². The van der Waals surface area contributed by atoms with Gasteiger partial charge < -0.3 is 94.8 Å². The molecule has 0 spiro atoms. The van der Waals surface area contributed by atoms with Crippen molar-refractivity contribution in [1.82, 2.24) is 0 Å². The molecule has 0 amide bonds. The van der Waals surface area contributed by atoms with E-state index >= 15 is 0 Å². The minimum absolute atomic E-state index is 0.120. The third kappa shape index (κ3) is 9.34. The van der Waals surface area contributed by atoms with E-state index in [0.717, 1.165) is 12.8 Å². The monoisotopic (exact) mass is 923 g/mol. The SMILES string of the molecule is CC(C)[C@H](O[C@@H]1O[C@H](C)[C@H](O)[C@H](O)[C@H]1O)[C@H](O)C[C@@H](C)[C@H]1[C@@H](O)C[C@H]2[C@@H]3C[C@@H](O)[C@H]4C[C@@H](O[C@@H]5O[C@H](CO[C@@H]6O[C@H](CO)[C@@H](O)[C@H](O)[C@H]6O)[C@@H](O)[C@H](O)[C@H]5O)CC[C@]4(C)[C@H]3CC[C@]12C. The van der Waals surface area contributed by atoms with Gasteiger partial charge in [0.1, 0.15) is 67.1 Å². The summed E-state index contributed by atoms with van der Waals surface area (Å²) in [4.78, 5) is 0. The first-order valence-corrected chi connectivity index (χ1v) is 23.7. The number of aliphatic hydroxyl groups excluding tert-OH is 13. The molecule has 4 saturated carbocycles. The van der Waals surface area contributed by atoms with E-state index in [-0.39, 0.29) is 52.3 Å². The van der Waals surface area contributed by atoms with Crippen molar-refractivity contribution in [3.05, 3.63) is 0 Å². The number of fused-ring (bicyclic) bond motifs is 5. The molecule has 19 heteroatoms. The van der Waals surface area contributed by atoms with E-state index in [2.05, 4.69) is 20.8 Å². The number of hydrogen-bond donors (Lipinski definition) is 13. The summed E-state index contributed by atoms with van der Waals surface area (Å²) in [5.41, 5.74) is -0.523. The number of aliphatic hydroxyl groups is 13. The van der Waals surface area contributed by atoms with Gasteiger partial charge in [-0.1, -0.05) is 34.6 Å². The van der Waals surface area contributed by atoms with Gasteiger partial charge in [0.15, 0.2) is 18.9 Å². The Labute approximate surface area is 375 Å². The molecule has 4 aliphatic carbocycles. The Bertz CT molecular complexity index is 1530. The molecule has 13 N–H and O–H groups in total. The molecule has 372 valence electrons. The first-order chi connectivity index (χ1) is 30.0. The second-order valence-corrected chi connectivity index (χ2v) is 21.5. The Hall–Kier alpha value is -0.760. The standard InChI is InChI=1S/C45H78O19/c1-17(2)40(64-42-38(57)34(53)31(50)19(4)60-42)27(49)11-18(3)30-26(48)14-23-21-13-25(47)24-12-20(7-9-44(24,5)22(21)8-10-45(23,30)6)61-43-39(58)36(55)33(52)29(63-43)16-59-41-37(56)35(54)32(51)28(15-46)62-41/h17-43,46-58H,7-16H2,1-6H3/t18-,19-,20+,21-,22+,23+,24-,25-,26+,27-,28-,29-,30+,31+,32-,33-,34+,35+,36+,37-,38-,39-,40+,41-,42+,43-,44-,45+/m1/s1. The van der Waals surface area contributed by atoms with Gasteiger partial charge in [-0.3, -0.25) is 0 Å². The smallest absolute Gasteiger partial charge is 0.186 e. The van der Waals surface area contributed by atoms with Crippen LogP contribution < -0.4 is 0 Å². The summed E-state index contributed by atoms with van der Waals surface area (Å²) in [5, 5.41) is 139. The Morgan fingerprint density at radius 1 is 0.609 bits per heavy atom. The van der Waals surface area contributed by atoms with E-state index in [1.54, 1.807) is 6.92 Å². The van der Waals surface area contributed by atoms with E-state index in [1.165, 1.54) is 0 Å². The van der Waals surface area contributed by atoms with Crippen molar-refractivity contribution < 1.29 is 94.8 Å². The van der Waals surface area contributed by atoms with Crippen LogP contribution in [-0.2, 0) is 28.4 Å². The quantitative estimate of drug-likeness (QED) is 0.0877. The Kier molecular flexibility index (Phi) is 15.9. The van der Waals surface area contributed by atoms with E-state index in [1.807, 2.05) is 13.8 Å². The van der Waals surface area contributed by atoms with E-state index in [4.69, 9.17) is 28.4 Å². The molecule has 0 bridgehead atoms. The molecular formula is C45H78O19. The Balaban J connectivity index is 0.968. The van der Waals surface area contributed by atoms with Gasteiger partial charge in [0.2, 0.25) is 0 Å². The minimum atomic E-state index is -1.69. The van der Waals surface area contributed by atoms with Crippen molar-refractivity contribution in [1.29, 1.82) is 0 Å². The lowest BCUT2D eigenvalue weighted by Crippen LogP contribution is -2.62. The molecule has 3 saturated heterocycles. The Morgan fingerprint density at radius 3 is 1.86 bits per heavy atom. The summed E-state index contributed by atoms with van der Waals surface area (Å²) in [6.07, 6.45) is -20.1. The molecule has 19 nitrogen and oxygen atoms in total. The summed E-state index contributed by atoms with van der Waals surface area (Å²) in [6.45, 7) is 10.8. The van der Waals surface area contributed by atoms with Crippen LogP contribution in [0.5, 0.6) is 0 Å². The summed E-state index contributed by atoms with van der Waals surface area (Å²) < 4.78 is 35.0. The van der Waals surface area contributed by atoms with Crippen LogP contribution in [0.25, 0.3) is 0 Å². The van der Waals surface area contributed by atoms with Crippen LogP contribution >= 0.6 is 0 Å². The lowest BCUT2D eigenvalue weighted by Gasteiger charge is -2.62. The highest BCUT2D eigenvalue weighted by Crippen LogP contribution is 2.68. The van der Waals surface area contributed by atoms with Crippen LogP contribution in [0, 0.1) is 52.3 Å². The van der Waals surface area contributed by atoms with Crippen LogP contribution in [-0.4, -0.2) is 202 Å². The van der Waals surface area contributed by atoms with Crippen LogP contribution in [0.2, 0.25) is 0 Å². The molecule has 3 heterocycles. The van der Waals surface area contributed by atoms with Crippen LogP contribution in [0.3, 0.4) is 0 Å². The van der Waals surface area contributed by atoms with Crippen molar-refractivity contribution in [3.63, 3.8) is 0 Å². The second-order valence-electron chi connectivity index (χ2n) is 21.5. The number of ether oxygens (including phenoxy) is 6. The molecule has 64 heavy (non-hydrogen) atoms. The molecule has 7 fully saturated rings. The summed E-state index contributed by atoms with van der Waals surface area (Å²) in [5.74, 6) is -0.0528. The van der Waals surface area contributed by atoms with Gasteiger partial charge >= 0.3 is 0 Å². The maximum atomic E-state index is 12.0. The lowest BCUT2D eigenvalue weighted by molar-refractivity contribution is -0.338. The number of rotatable bonds is 13. The third-order valence-electron chi connectivity index (χ3n) is 17.4. The van der Waals surface area contributed by atoms with Gasteiger partial charge in [0.25, 0.3) is 0 Å². The maximum Gasteiger partial charge on any atom is 0.186 e. The fourth-order valence-corrected chi connectivity index (χ4v) is 13.9. The fraction of sp³-hybridized carbons (Fsp3) is 1.00. The summed E-state index contributed by atoms with van der Waals surface area (Å²) in [6, 6.07) is 0. The highest BCUT2D eigenvalue weighted by Gasteiger charge is 2.65. The molecular weight excluding hydrogens is 844 g/mol. The molecule has 0 unspecified atom stereocenters. The summed E-state index contributed by atoms with van der Waals surface area (Å²) in [7, 11) is 0. The normalized spacial score (nSPS) is 53.5. The predicted molar refractivity (Wildman–Crippen MR) is 221 cm³/mol. The van der Waals surface area contributed by atoms with Crippen molar-refractivity contribution in [3.8, 4) is 0 Å². The molecule has 3 aliphatic heterocycles. The second kappa shape index (κ2) is 19.9. The molecule has 7 aliphatic rings. The van der Waals surface area contributed by atoms with E-state index < -0.39 is 136 Å².